The lowest BCUT2D eigenvalue weighted by atomic mass is 10.0. The number of carbonyl (C=O) groups is 3. The van der Waals surface area contributed by atoms with Crippen LogP contribution in [0.2, 0.25) is 10.0 Å². The second kappa shape index (κ2) is 16.0. The van der Waals surface area contributed by atoms with E-state index in [9.17, 15) is 14.4 Å². The summed E-state index contributed by atoms with van der Waals surface area (Å²) in [6, 6.07) is 15.5. The first-order valence-corrected chi connectivity index (χ1v) is 14.4. The average Bonchev–Trinajstić information content (AvgIpc) is 2.96. The molecule has 3 aromatic carbocycles. The van der Waals surface area contributed by atoms with E-state index in [4.69, 9.17) is 37.4 Å². The molecule has 0 aliphatic rings. The largest absolute Gasteiger partial charge is 0.494 e. The Bertz CT molecular complexity index is 1340. The predicted molar refractivity (Wildman–Crippen MR) is 161 cm³/mol. The maximum Gasteiger partial charge on any atom is 0.343 e. The maximum absolute atomic E-state index is 12.8. The Morgan fingerprint density at radius 2 is 1.54 bits per heavy atom. The Morgan fingerprint density at radius 3 is 2.20 bits per heavy atom. The number of unbranched alkanes of at least 4 members (excludes halogenated alkanes) is 4. The first kappa shape index (κ1) is 32.0. The molecule has 0 aliphatic heterocycles. The van der Waals surface area contributed by atoms with Crippen molar-refractivity contribution >= 4 is 40.9 Å². The molecule has 0 aliphatic carbocycles. The number of nitrogens with one attached hydrogen (secondary N) is 1. The van der Waals surface area contributed by atoms with Crippen LogP contribution in [0.4, 0.5) is 0 Å². The molecule has 0 radical (unpaired) electrons. The molecule has 0 heterocycles. The SMILES string of the molecule is CCCCCCCOc1ccc(C(=O)Oc2ccc(CC(NC(=O)c3ccc(Cl)c(Cl)c3)C(C)=O)cc2OC)cc1. The highest BCUT2D eigenvalue weighted by Gasteiger charge is 2.21. The van der Waals surface area contributed by atoms with Gasteiger partial charge in [-0.05, 0) is 79.9 Å². The second-order valence-corrected chi connectivity index (χ2v) is 10.4. The molecule has 0 bridgehead atoms. The van der Waals surface area contributed by atoms with Gasteiger partial charge >= 0.3 is 5.97 Å². The molecule has 1 atom stereocenters. The molecule has 1 unspecified atom stereocenters. The highest BCUT2D eigenvalue weighted by atomic mass is 35.5. The van der Waals surface area contributed by atoms with E-state index in [0.717, 1.165) is 12.8 Å². The Labute approximate surface area is 251 Å². The molecule has 0 fully saturated rings. The molecule has 9 heteroatoms. The summed E-state index contributed by atoms with van der Waals surface area (Å²) in [7, 11) is 1.46. The van der Waals surface area contributed by atoms with Crippen LogP contribution in [0.5, 0.6) is 17.2 Å². The molecule has 41 heavy (non-hydrogen) atoms. The van der Waals surface area contributed by atoms with Gasteiger partial charge in [0, 0.05) is 5.56 Å². The number of halogens is 2. The van der Waals surface area contributed by atoms with Crippen LogP contribution in [0.15, 0.2) is 60.7 Å². The van der Waals surface area contributed by atoms with E-state index in [2.05, 4.69) is 12.2 Å². The number of hydrogen-bond donors (Lipinski definition) is 1. The molecule has 0 saturated heterocycles. The molecule has 1 amide bonds. The highest BCUT2D eigenvalue weighted by Crippen LogP contribution is 2.30. The number of methoxy groups -OCH3 is 1. The van der Waals surface area contributed by atoms with Crippen LogP contribution >= 0.6 is 23.2 Å². The minimum Gasteiger partial charge on any atom is -0.494 e. The van der Waals surface area contributed by atoms with Crippen molar-refractivity contribution in [2.24, 2.45) is 0 Å². The summed E-state index contributed by atoms with van der Waals surface area (Å²) in [5.41, 5.74) is 1.35. The summed E-state index contributed by atoms with van der Waals surface area (Å²) in [6.07, 6.45) is 5.99. The first-order chi connectivity index (χ1) is 19.7. The Hall–Kier alpha value is -3.55. The fraction of sp³-hybridized carbons (Fsp3) is 0.344. The normalized spacial score (nSPS) is 11.4. The number of hydrogen-bond acceptors (Lipinski definition) is 6. The second-order valence-electron chi connectivity index (χ2n) is 9.63. The van der Waals surface area contributed by atoms with Gasteiger partial charge in [0.25, 0.3) is 5.91 Å². The minimum atomic E-state index is -0.799. The summed E-state index contributed by atoms with van der Waals surface area (Å²) in [6.45, 7) is 4.23. The number of benzene rings is 3. The number of ketones is 1. The van der Waals surface area contributed by atoms with E-state index >= 15 is 0 Å². The number of rotatable bonds is 15. The lowest BCUT2D eigenvalue weighted by molar-refractivity contribution is -0.118. The van der Waals surface area contributed by atoms with E-state index in [1.807, 2.05) is 0 Å². The van der Waals surface area contributed by atoms with Crippen LogP contribution in [-0.2, 0) is 11.2 Å². The van der Waals surface area contributed by atoms with Crippen LogP contribution in [0, 0.1) is 0 Å². The Morgan fingerprint density at radius 1 is 0.829 bits per heavy atom. The quantitative estimate of drug-likeness (QED) is 0.110. The molecule has 0 aromatic heterocycles. The standard InChI is InChI=1S/C32H35Cl2NO6/c1-4-5-6-7-8-17-40-25-13-10-23(11-14-25)32(38)41-29-16-9-22(19-30(29)39-3)18-28(21(2)36)35-31(37)24-12-15-26(33)27(34)20-24/h9-16,19-20,28H,4-8,17-18H2,1-3H3,(H,35,37). The van der Waals surface area contributed by atoms with Crippen molar-refractivity contribution in [3.8, 4) is 17.2 Å². The molecule has 3 aromatic rings. The van der Waals surface area contributed by atoms with Gasteiger partial charge in [-0.25, -0.2) is 4.79 Å². The highest BCUT2D eigenvalue weighted by molar-refractivity contribution is 6.42. The van der Waals surface area contributed by atoms with Gasteiger partial charge in [0.1, 0.15) is 5.75 Å². The zero-order valence-corrected chi connectivity index (χ0v) is 25.0. The lowest BCUT2D eigenvalue weighted by Crippen LogP contribution is -2.41. The molecule has 218 valence electrons. The smallest absolute Gasteiger partial charge is 0.343 e. The zero-order chi connectivity index (χ0) is 29.8. The summed E-state index contributed by atoms with van der Waals surface area (Å²) < 4.78 is 16.8. The number of carbonyl (C=O) groups excluding carboxylic acids is 3. The lowest BCUT2D eigenvalue weighted by Gasteiger charge is -2.17. The summed E-state index contributed by atoms with van der Waals surface area (Å²) in [5.74, 6) is 0.0225. The predicted octanol–water partition coefficient (Wildman–Crippen LogP) is 7.50. The first-order valence-electron chi connectivity index (χ1n) is 13.6. The van der Waals surface area contributed by atoms with E-state index in [1.165, 1.54) is 51.5 Å². The van der Waals surface area contributed by atoms with Gasteiger partial charge in [0.05, 0.1) is 35.4 Å². The minimum absolute atomic E-state index is 0.201. The third-order valence-corrected chi connectivity index (χ3v) is 7.19. The third kappa shape index (κ3) is 9.80. The average molecular weight is 601 g/mol. The van der Waals surface area contributed by atoms with Crippen LogP contribution in [0.1, 0.15) is 72.2 Å². The van der Waals surface area contributed by atoms with Crippen molar-refractivity contribution in [3.05, 3.63) is 87.4 Å². The molecule has 1 N–H and O–H groups in total. The number of Topliss-reactive ketones (excluding diaryl/α,β-unsaturated/α-hetero) is 1. The van der Waals surface area contributed by atoms with Crippen molar-refractivity contribution in [1.82, 2.24) is 5.32 Å². The third-order valence-electron chi connectivity index (χ3n) is 6.45. The van der Waals surface area contributed by atoms with E-state index in [0.29, 0.717) is 34.3 Å². The van der Waals surface area contributed by atoms with Crippen LogP contribution in [0.25, 0.3) is 0 Å². The van der Waals surface area contributed by atoms with Crippen molar-refractivity contribution in [2.75, 3.05) is 13.7 Å². The van der Waals surface area contributed by atoms with Gasteiger partial charge in [-0.2, -0.15) is 0 Å². The number of amides is 1. The summed E-state index contributed by atoms with van der Waals surface area (Å²) in [5, 5.41) is 3.30. The van der Waals surface area contributed by atoms with Crippen molar-refractivity contribution < 1.29 is 28.6 Å². The van der Waals surface area contributed by atoms with Crippen molar-refractivity contribution in [2.45, 2.75) is 58.4 Å². The number of ether oxygens (including phenoxy) is 3. The molecule has 3 rings (SSSR count). The number of esters is 1. The fourth-order valence-corrected chi connectivity index (χ4v) is 4.37. The molecule has 0 spiro atoms. The van der Waals surface area contributed by atoms with Crippen LogP contribution < -0.4 is 19.5 Å². The molecule has 7 nitrogen and oxygen atoms in total. The summed E-state index contributed by atoms with van der Waals surface area (Å²) >= 11 is 11.9. The van der Waals surface area contributed by atoms with Gasteiger partial charge < -0.3 is 19.5 Å². The van der Waals surface area contributed by atoms with E-state index in [1.54, 1.807) is 42.5 Å². The van der Waals surface area contributed by atoms with Crippen LogP contribution in [0.3, 0.4) is 0 Å². The fourth-order valence-electron chi connectivity index (χ4n) is 4.08. The Kier molecular flexibility index (Phi) is 12.5. The summed E-state index contributed by atoms with van der Waals surface area (Å²) in [4.78, 5) is 37.8. The molecular weight excluding hydrogens is 565 g/mol. The van der Waals surface area contributed by atoms with Crippen LogP contribution in [-0.4, -0.2) is 37.4 Å². The van der Waals surface area contributed by atoms with E-state index < -0.39 is 17.9 Å². The van der Waals surface area contributed by atoms with Gasteiger partial charge in [0.2, 0.25) is 0 Å². The van der Waals surface area contributed by atoms with E-state index in [-0.39, 0.29) is 28.5 Å². The van der Waals surface area contributed by atoms with Crippen molar-refractivity contribution in [3.63, 3.8) is 0 Å². The zero-order valence-electron chi connectivity index (χ0n) is 23.5. The molecule has 0 saturated carbocycles. The van der Waals surface area contributed by atoms with Gasteiger partial charge in [-0.3, -0.25) is 9.59 Å². The van der Waals surface area contributed by atoms with Crippen molar-refractivity contribution in [1.29, 1.82) is 0 Å². The van der Waals surface area contributed by atoms with Gasteiger partial charge in [-0.1, -0.05) is 61.9 Å². The van der Waals surface area contributed by atoms with Gasteiger partial charge in [0.15, 0.2) is 17.3 Å². The molecular formula is C32H35Cl2NO6. The maximum atomic E-state index is 12.8. The topological polar surface area (TPSA) is 90.9 Å². The monoisotopic (exact) mass is 599 g/mol. The van der Waals surface area contributed by atoms with Gasteiger partial charge in [-0.15, -0.1) is 0 Å². The Balaban J connectivity index is 1.60.